The van der Waals surface area contributed by atoms with Crippen molar-refractivity contribution in [1.82, 2.24) is 14.9 Å². The Hall–Kier alpha value is -2.31. The highest BCUT2D eigenvalue weighted by atomic mass is 32.2. The number of imidazole rings is 1. The molecule has 0 radical (unpaired) electrons. The Morgan fingerprint density at radius 2 is 2.08 bits per heavy atom. The first-order valence-electron chi connectivity index (χ1n) is 8.83. The van der Waals surface area contributed by atoms with Gasteiger partial charge in [-0.05, 0) is 36.4 Å². The SMILES string of the molecule is Cn1c(-c2ccc(NC(=O)CC3CSCCN3)cc2)nc2ccccc21. The Morgan fingerprint density at radius 3 is 2.81 bits per heavy atom. The number of nitrogens with one attached hydrogen (secondary N) is 2. The van der Waals surface area contributed by atoms with Crippen LogP contribution in [0.3, 0.4) is 0 Å². The summed E-state index contributed by atoms with van der Waals surface area (Å²) in [5, 5.41) is 6.39. The van der Waals surface area contributed by atoms with E-state index in [0.29, 0.717) is 6.42 Å². The van der Waals surface area contributed by atoms with Crippen LogP contribution in [0.4, 0.5) is 5.69 Å². The Bertz CT molecular complexity index is 913. The Morgan fingerprint density at radius 1 is 1.27 bits per heavy atom. The van der Waals surface area contributed by atoms with Crippen molar-refractivity contribution >= 4 is 34.4 Å². The van der Waals surface area contributed by atoms with E-state index < -0.39 is 0 Å². The van der Waals surface area contributed by atoms with Crippen molar-refractivity contribution in [3.05, 3.63) is 48.5 Å². The molecule has 0 bridgehead atoms. The van der Waals surface area contributed by atoms with E-state index in [1.54, 1.807) is 0 Å². The van der Waals surface area contributed by atoms with Crippen LogP contribution in [0.2, 0.25) is 0 Å². The van der Waals surface area contributed by atoms with E-state index in [1.807, 2.05) is 61.3 Å². The van der Waals surface area contributed by atoms with Crippen LogP contribution in [0.5, 0.6) is 0 Å². The lowest BCUT2D eigenvalue weighted by Crippen LogP contribution is -2.39. The molecule has 0 aliphatic carbocycles. The molecule has 1 unspecified atom stereocenters. The molecule has 1 fully saturated rings. The molecule has 6 heteroatoms. The first-order valence-corrected chi connectivity index (χ1v) is 9.99. The molecule has 134 valence electrons. The van der Waals surface area contributed by atoms with Gasteiger partial charge in [0.05, 0.1) is 11.0 Å². The zero-order valence-corrected chi connectivity index (χ0v) is 15.6. The summed E-state index contributed by atoms with van der Waals surface area (Å²) in [6, 6.07) is 16.3. The van der Waals surface area contributed by atoms with E-state index in [-0.39, 0.29) is 11.9 Å². The molecule has 4 rings (SSSR count). The first-order chi connectivity index (χ1) is 12.7. The third-order valence-corrected chi connectivity index (χ3v) is 5.78. The van der Waals surface area contributed by atoms with Crippen LogP contribution < -0.4 is 10.6 Å². The normalized spacial score (nSPS) is 17.3. The molecule has 1 aromatic heterocycles. The molecule has 1 aliphatic rings. The van der Waals surface area contributed by atoms with Crippen LogP contribution in [0, 0.1) is 0 Å². The number of aryl methyl sites for hydroxylation is 1. The third kappa shape index (κ3) is 3.61. The predicted octanol–water partition coefficient (Wildman–Crippen LogP) is 3.27. The number of thioether (sulfide) groups is 1. The molecule has 2 aromatic carbocycles. The third-order valence-electron chi connectivity index (χ3n) is 4.64. The molecule has 0 spiro atoms. The summed E-state index contributed by atoms with van der Waals surface area (Å²) in [6.07, 6.45) is 0.513. The predicted molar refractivity (Wildman–Crippen MR) is 109 cm³/mol. The summed E-state index contributed by atoms with van der Waals surface area (Å²) >= 11 is 1.90. The van der Waals surface area contributed by atoms with Gasteiger partial charge >= 0.3 is 0 Å². The zero-order chi connectivity index (χ0) is 17.9. The molecular weight excluding hydrogens is 344 g/mol. The van der Waals surface area contributed by atoms with E-state index in [0.717, 1.165) is 46.2 Å². The van der Waals surface area contributed by atoms with Gasteiger partial charge in [-0.2, -0.15) is 11.8 Å². The van der Waals surface area contributed by atoms with Gasteiger partial charge in [0.15, 0.2) is 0 Å². The average Bonchev–Trinajstić information content (AvgIpc) is 3.00. The maximum absolute atomic E-state index is 12.2. The maximum Gasteiger partial charge on any atom is 0.225 e. The van der Waals surface area contributed by atoms with Gasteiger partial charge in [-0.3, -0.25) is 4.79 Å². The number of hydrogen-bond acceptors (Lipinski definition) is 4. The number of rotatable bonds is 4. The second kappa shape index (κ2) is 7.51. The maximum atomic E-state index is 12.2. The fraction of sp³-hybridized carbons (Fsp3) is 0.300. The summed E-state index contributed by atoms with van der Waals surface area (Å²) in [7, 11) is 2.02. The van der Waals surface area contributed by atoms with Gasteiger partial charge in [0.1, 0.15) is 5.82 Å². The monoisotopic (exact) mass is 366 g/mol. The Balaban J connectivity index is 1.46. The van der Waals surface area contributed by atoms with Crippen molar-refractivity contribution in [2.24, 2.45) is 7.05 Å². The lowest BCUT2D eigenvalue weighted by Gasteiger charge is -2.22. The minimum Gasteiger partial charge on any atom is -0.327 e. The molecule has 26 heavy (non-hydrogen) atoms. The minimum absolute atomic E-state index is 0.0560. The number of nitrogens with zero attached hydrogens (tertiary/aromatic N) is 2. The van der Waals surface area contributed by atoms with E-state index >= 15 is 0 Å². The first kappa shape index (κ1) is 17.1. The molecule has 2 N–H and O–H groups in total. The van der Waals surface area contributed by atoms with Crippen LogP contribution >= 0.6 is 11.8 Å². The highest BCUT2D eigenvalue weighted by Crippen LogP contribution is 2.24. The van der Waals surface area contributed by atoms with E-state index in [2.05, 4.69) is 21.3 Å². The molecular formula is C20H22N4OS. The van der Waals surface area contributed by atoms with E-state index in [1.165, 1.54) is 0 Å². The molecule has 1 atom stereocenters. The highest BCUT2D eigenvalue weighted by Gasteiger charge is 2.17. The molecule has 1 aliphatic heterocycles. The number of benzene rings is 2. The lowest BCUT2D eigenvalue weighted by atomic mass is 10.1. The van der Waals surface area contributed by atoms with Crippen LogP contribution in [0.1, 0.15) is 6.42 Å². The fourth-order valence-electron chi connectivity index (χ4n) is 3.29. The number of aromatic nitrogens is 2. The smallest absolute Gasteiger partial charge is 0.225 e. The van der Waals surface area contributed by atoms with Gasteiger partial charge in [0.2, 0.25) is 5.91 Å². The number of fused-ring (bicyclic) bond motifs is 1. The number of carbonyl (C=O) groups is 1. The minimum atomic E-state index is 0.0560. The second-order valence-electron chi connectivity index (χ2n) is 6.54. The summed E-state index contributed by atoms with van der Waals surface area (Å²) < 4.78 is 2.09. The van der Waals surface area contributed by atoms with Crippen molar-refractivity contribution in [3.8, 4) is 11.4 Å². The van der Waals surface area contributed by atoms with Crippen molar-refractivity contribution < 1.29 is 4.79 Å². The average molecular weight is 366 g/mol. The second-order valence-corrected chi connectivity index (χ2v) is 7.69. The highest BCUT2D eigenvalue weighted by molar-refractivity contribution is 7.99. The fourth-order valence-corrected chi connectivity index (χ4v) is 4.24. The zero-order valence-electron chi connectivity index (χ0n) is 14.7. The van der Waals surface area contributed by atoms with Crippen LogP contribution in [-0.4, -0.2) is 39.6 Å². The van der Waals surface area contributed by atoms with Crippen molar-refractivity contribution in [2.75, 3.05) is 23.4 Å². The number of carbonyl (C=O) groups excluding carboxylic acids is 1. The summed E-state index contributed by atoms with van der Waals surface area (Å²) in [4.78, 5) is 16.9. The summed E-state index contributed by atoms with van der Waals surface area (Å²) in [5.74, 6) is 3.11. The van der Waals surface area contributed by atoms with Gasteiger partial charge in [-0.15, -0.1) is 0 Å². The number of para-hydroxylation sites is 2. The number of anilines is 1. The van der Waals surface area contributed by atoms with Crippen molar-refractivity contribution in [3.63, 3.8) is 0 Å². The van der Waals surface area contributed by atoms with Crippen LogP contribution in [0.25, 0.3) is 22.4 Å². The summed E-state index contributed by atoms with van der Waals surface area (Å²) in [5.41, 5.74) is 3.95. The summed E-state index contributed by atoms with van der Waals surface area (Å²) in [6.45, 7) is 0.981. The van der Waals surface area contributed by atoms with Crippen molar-refractivity contribution in [2.45, 2.75) is 12.5 Å². The van der Waals surface area contributed by atoms with Gasteiger partial charge in [-0.25, -0.2) is 4.98 Å². The molecule has 2 heterocycles. The molecule has 5 nitrogen and oxygen atoms in total. The van der Waals surface area contributed by atoms with Gasteiger partial charge < -0.3 is 15.2 Å². The van der Waals surface area contributed by atoms with Gasteiger partial charge in [-0.1, -0.05) is 12.1 Å². The van der Waals surface area contributed by atoms with Crippen LogP contribution in [0.15, 0.2) is 48.5 Å². The van der Waals surface area contributed by atoms with E-state index in [9.17, 15) is 4.79 Å². The quantitative estimate of drug-likeness (QED) is 0.744. The molecule has 3 aromatic rings. The van der Waals surface area contributed by atoms with Crippen LogP contribution in [-0.2, 0) is 11.8 Å². The molecule has 1 saturated heterocycles. The van der Waals surface area contributed by atoms with Gasteiger partial charge in [0.25, 0.3) is 0 Å². The van der Waals surface area contributed by atoms with Gasteiger partial charge in [0, 0.05) is 48.8 Å². The van der Waals surface area contributed by atoms with E-state index in [4.69, 9.17) is 4.98 Å². The lowest BCUT2D eigenvalue weighted by molar-refractivity contribution is -0.116. The Kier molecular flexibility index (Phi) is 4.95. The number of hydrogen-bond donors (Lipinski definition) is 2. The molecule has 0 saturated carbocycles. The topological polar surface area (TPSA) is 59.0 Å². The largest absolute Gasteiger partial charge is 0.327 e. The van der Waals surface area contributed by atoms with Crippen molar-refractivity contribution in [1.29, 1.82) is 0 Å². The standard InChI is InChI=1S/C20H22N4OS/c1-24-18-5-3-2-4-17(18)23-20(24)14-6-8-15(9-7-14)22-19(25)12-16-13-26-11-10-21-16/h2-9,16,21H,10-13H2,1H3,(H,22,25). The molecule has 1 amide bonds. The number of amides is 1. The Labute approximate surface area is 157 Å².